The Kier molecular flexibility index (Phi) is 7.01. The number of hydrogen-bond donors (Lipinski definition) is 2. The summed E-state index contributed by atoms with van der Waals surface area (Å²) in [5.74, 6) is -0.330. The number of methoxy groups -OCH3 is 1. The van der Waals surface area contributed by atoms with Crippen molar-refractivity contribution < 1.29 is 19.4 Å². The number of carbonyl (C=O) groups is 1. The zero-order valence-corrected chi connectivity index (χ0v) is 10.5. The Labute approximate surface area is 107 Å². The molecule has 0 saturated heterocycles. The lowest BCUT2D eigenvalue weighted by molar-refractivity contribution is 0.0599. The van der Waals surface area contributed by atoms with Crippen LogP contribution in [0, 0.1) is 0 Å². The molecule has 0 aliphatic rings. The van der Waals surface area contributed by atoms with E-state index in [2.05, 4.69) is 5.32 Å². The van der Waals surface area contributed by atoms with E-state index in [1.807, 2.05) is 12.1 Å². The summed E-state index contributed by atoms with van der Waals surface area (Å²) < 4.78 is 9.83. The Morgan fingerprint density at radius 3 is 2.83 bits per heavy atom. The van der Waals surface area contributed by atoms with Crippen molar-refractivity contribution in [3.05, 3.63) is 35.4 Å². The normalized spacial score (nSPS) is 10.3. The lowest BCUT2D eigenvalue weighted by atomic mass is 10.1. The maximum absolute atomic E-state index is 11.5. The van der Waals surface area contributed by atoms with Crippen LogP contribution < -0.4 is 5.32 Å². The van der Waals surface area contributed by atoms with Crippen molar-refractivity contribution in [3.8, 4) is 0 Å². The molecule has 0 unspecified atom stereocenters. The van der Waals surface area contributed by atoms with Crippen LogP contribution in [0.1, 0.15) is 15.9 Å². The van der Waals surface area contributed by atoms with Crippen LogP contribution in [0.4, 0.5) is 0 Å². The van der Waals surface area contributed by atoms with Gasteiger partial charge in [-0.15, -0.1) is 0 Å². The van der Waals surface area contributed by atoms with Gasteiger partial charge in [0, 0.05) is 13.1 Å². The summed E-state index contributed by atoms with van der Waals surface area (Å²) in [4.78, 5) is 11.5. The SMILES string of the molecule is COC(=O)c1ccccc1CNCCOCCO. The summed E-state index contributed by atoms with van der Waals surface area (Å²) in [6.07, 6.45) is 0. The monoisotopic (exact) mass is 253 g/mol. The van der Waals surface area contributed by atoms with Gasteiger partial charge in [-0.05, 0) is 11.6 Å². The number of ether oxygens (including phenoxy) is 2. The summed E-state index contributed by atoms with van der Waals surface area (Å²) in [7, 11) is 1.37. The minimum absolute atomic E-state index is 0.0329. The highest BCUT2D eigenvalue weighted by atomic mass is 16.5. The topological polar surface area (TPSA) is 67.8 Å². The number of nitrogens with one attached hydrogen (secondary N) is 1. The zero-order valence-electron chi connectivity index (χ0n) is 10.5. The molecule has 0 bridgehead atoms. The number of benzene rings is 1. The molecular weight excluding hydrogens is 234 g/mol. The number of esters is 1. The van der Waals surface area contributed by atoms with Crippen LogP contribution in [0.3, 0.4) is 0 Å². The minimum Gasteiger partial charge on any atom is -0.465 e. The minimum atomic E-state index is -0.330. The molecule has 100 valence electrons. The molecule has 0 aliphatic carbocycles. The van der Waals surface area contributed by atoms with Gasteiger partial charge in [0.2, 0.25) is 0 Å². The molecule has 0 aromatic heterocycles. The van der Waals surface area contributed by atoms with E-state index in [0.717, 1.165) is 5.56 Å². The first-order chi connectivity index (χ1) is 8.79. The van der Waals surface area contributed by atoms with Crippen LogP contribution in [-0.2, 0) is 16.0 Å². The molecule has 1 aromatic carbocycles. The average Bonchev–Trinajstić information content (AvgIpc) is 2.42. The number of rotatable bonds is 8. The van der Waals surface area contributed by atoms with Gasteiger partial charge in [0.15, 0.2) is 0 Å². The number of carbonyl (C=O) groups excluding carboxylic acids is 1. The smallest absolute Gasteiger partial charge is 0.338 e. The first-order valence-electron chi connectivity index (χ1n) is 5.85. The van der Waals surface area contributed by atoms with Gasteiger partial charge in [0.05, 0.1) is 32.5 Å². The Bertz CT molecular complexity index is 368. The van der Waals surface area contributed by atoms with Gasteiger partial charge in [-0.1, -0.05) is 18.2 Å². The van der Waals surface area contributed by atoms with Crippen molar-refractivity contribution in [3.63, 3.8) is 0 Å². The third-order valence-corrected chi connectivity index (χ3v) is 2.40. The fraction of sp³-hybridized carbons (Fsp3) is 0.462. The van der Waals surface area contributed by atoms with Crippen molar-refractivity contribution in [2.24, 2.45) is 0 Å². The fourth-order valence-corrected chi connectivity index (χ4v) is 1.52. The van der Waals surface area contributed by atoms with E-state index < -0.39 is 0 Å². The van der Waals surface area contributed by atoms with Crippen LogP contribution in [-0.4, -0.2) is 44.6 Å². The van der Waals surface area contributed by atoms with E-state index in [1.165, 1.54) is 7.11 Å². The Morgan fingerprint density at radius 2 is 2.11 bits per heavy atom. The molecule has 18 heavy (non-hydrogen) atoms. The van der Waals surface area contributed by atoms with Gasteiger partial charge in [-0.2, -0.15) is 0 Å². The third kappa shape index (κ3) is 4.83. The molecule has 1 aromatic rings. The molecule has 5 nitrogen and oxygen atoms in total. The number of hydrogen-bond acceptors (Lipinski definition) is 5. The average molecular weight is 253 g/mol. The van der Waals surface area contributed by atoms with Gasteiger partial charge >= 0.3 is 5.97 Å². The van der Waals surface area contributed by atoms with Crippen molar-refractivity contribution in [1.82, 2.24) is 5.32 Å². The van der Waals surface area contributed by atoms with E-state index in [4.69, 9.17) is 14.6 Å². The lowest BCUT2D eigenvalue weighted by Crippen LogP contribution is -2.21. The van der Waals surface area contributed by atoms with Crippen molar-refractivity contribution >= 4 is 5.97 Å². The van der Waals surface area contributed by atoms with E-state index >= 15 is 0 Å². The molecule has 0 fully saturated rings. The van der Waals surface area contributed by atoms with Crippen LogP contribution in [0.15, 0.2) is 24.3 Å². The van der Waals surface area contributed by atoms with Gasteiger partial charge in [-0.3, -0.25) is 0 Å². The first kappa shape index (κ1) is 14.6. The fourth-order valence-electron chi connectivity index (χ4n) is 1.52. The lowest BCUT2D eigenvalue weighted by Gasteiger charge is -2.09. The van der Waals surface area contributed by atoms with Gasteiger partial charge in [-0.25, -0.2) is 4.79 Å². The molecule has 2 N–H and O–H groups in total. The van der Waals surface area contributed by atoms with Gasteiger partial charge < -0.3 is 19.9 Å². The largest absolute Gasteiger partial charge is 0.465 e. The summed E-state index contributed by atoms with van der Waals surface area (Å²) in [5, 5.41) is 11.7. The number of aliphatic hydroxyl groups excluding tert-OH is 1. The first-order valence-corrected chi connectivity index (χ1v) is 5.85. The maximum Gasteiger partial charge on any atom is 0.338 e. The Morgan fingerprint density at radius 1 is 1.33 bits per heavy atom. The Hall–Kier alpha value is -1.43. The van der Waals surface area contributed by atoms with Crippen LogP contribution in [0.25, 0.3) is 0 Å². The molecular formula is C13H19NO4. The highest BCUT2D eigenvalue weighted by Gasteiger charge is 2.09. The summed E-state index contributed by atoms with van der Waals surface area (Å²) >= 11 is 0. The van der Waals surface area contributed by atoms with E-state index in [0.29, 0.717) is 31.9 Å². The van der Waals surface area contributed by atoms with Crippen molar-refractivity contribution in [2.45, 2.75) is 6.54 Å². The van der Waals surface area contributed by atoms with Crippen LogP contribution >= 0.6 is 0 Å². The number of aliphatic hydroxyl groups is 1. The second kappa shape index (κ2) is 8.63. The highest BCUT2D eigenvalue weighted by molar-refractivity contribution is 5.90. The predicted octanol–water partition coefficient (Wildman–Crippen LogP) is 0.572. The quantitative estimate of drug-likeness (QED) is 0.524. The second-order valence-electron chi connectivity index (χ2n) is 3.66. The van der Waals surface area contributed by atoms with E-state index in [-0.39, 0.29) is 12.6 Å². The van der Waals surface area contributed by atoms with Crippen LogP contribution in [0.5, 0.6) is 0 Å². The predicted molar refractivity (Wildman–Crippen MR) is 67.4 cm³/mol. The summed E-state index contributed by atoms with van der Waals surface area (Å²) in [6.45, 7) is 2.15. The molecule has 5 heteroatoms. The van der Waals surface area contributed by atoms with Gasteiger partial charge in [0.25, 0.3) is 0 Å². The Balaban J connectivity index is 2.39. The third-order valence-electron chi connectivity index (χ3n) is 2.40. The zero-order chi connectivity index (χ0) is 13.2. The summed E-state index contributed by atoms with van der Waals surface area (Å²) in [6, 6.07) is 7.31. The molecule has 0 heterocycles. The summed E-state index contributed by atoms with van der Waals surface area (Å²) in [5.41, 5.74) is 1.47. The molecule has 0 amide bonds. The van der Waals surface area contributed by atoms with Gasteiger partial charge in [0.1, 0.15) is 0 Å². The second-order valence-corrected chi connectivity index (χ2v) is 3.66. The van der Waals surface area contributed by atoms with E-state index in [9.17, 15) is 4.79 Å². The van der Waals surface area contributed by atoms with Crippen LogP contribution in [0.2, 0.25) is 0 Å². The highest BCUT2D eigenvalue weighted by Crippen LogP contribution is 2.09. The molecule has 0 atom stereocenters. The molecule has 0 radical (unpaired) electrons. The van der Waals surface area contributed by atoms with Crippen molar-refractivity contribution in [2.75, 3.05) is 33.5 Å². The molecule has 0 aliphatic heterocycles. The van der Waals surface area contributed by atoms with E-state index in [1.54, 1.807) is 12.1 Å². The molecule has 1 rings (SSSR count). The standard InChI is InChI=1S/C13H19NO4/c1-17-13(16)12-5-3-2-4-11(12)10-14-6-8-18-9-7-15/h2-5,14-15H,6-10H2,1H3. The molecule has 0 spiro atoms. The maximum atomic E-state index is 11.5. The molecule has 0 saturated carbocycles. The van der Waals surface area contributed by atoms with Crippen molar-refractivity contribution in [1.29, 1.82) is 0 Å².